The predicted octanol–water partition coefficient (Wildman–Crippen LogP) is 2.29. The number of amides is 1. The largest absolute Gasteiger partial charge is 0.355 e. The van der Waals surface area contributed by atoms with Gasteiger partial charge in [-0.25, -0.2) is 8.42 Å². The van der Waals surface area contributed by atoms with E-state index in [0.717, 1.165) is 24.1 Å². The van der Waals surface area contributed by atoms with E-state index < -0.39 is 15.4 Å². The molecule has 1 fully saturated rings. The number of carbonyl (C=O) groups is 1. The minimum absolute atomic E-state index is 0.00818. The van der Waals surface area contributed by atoms with E-state index in [1.165, 1.54) is 11.3 Å². The molecule has 1 aliphatic heterocycles. The highest BCUT2D eigenvalue weighted by Gasteiger charge is 2.34. The van der Waals surface area contributed by atoms with Crippen LogP contribution >= 0.6 is 11.3 Å². The number of sulfonamides is 1. The molecule has 0 aromatic carbocycles. The van der Waals surface area contributed by atoms with Crippen molar-refractivity contribution in [2.75, 3.05) is 13.1 Å². The molecule has 0 unspecified atom stereocenters. The molecular weight excluding hydrogens is 410 g/mol. The van der Waals surface area contributed by atoms with Gasteiger partial charge in [-0.1, -0.05) is 32.4 Å². The van der Waals surface area contributed by atoms with E-state index >= 15 is 0 Å². The first kappa shape index (κ1) is 21.9. The molecule has 0 spiro atoms. The summed E-state index contributed by atoms with van der Waals surface area (Å²) in [5, 5.41) is 10.7. The third kappa shape index (κ3) is 5.43. The minimum Gasteiger partial charge on any atom is -0.355 e. The van der Waals surface area contributed by atoms with Crippen LogP contribution in [0.1, 0.15) is 44.9 Å². The van der Waals surface area contributed by atoms with Crippen LogP contribution in [0.2, 0.25) is 0 Å². The maximum atomic E-state index is 13.3. The Kier molecular flexibility index (Phi) is 6.75. The number of nitrogens with zero attached hydrogens (tertiary/aromatic N) is 4. The van der Waals surface area contributed by atoms with E-state index in [9.17, 15) is 13.2 Å². The van der Waals surface area contributed by atoms with Crippen molar-refractivity contribution in [1.82, 2.24) is 24.6 Å². The van der Waals surface area contributed by atoms with Gasteiger partial charge < -0.3 is 5.32 Å². The molecule has 3 heterocycles. The van der Waals surface area contributed by atoms with Gasteiger partial charge in [0.15, 0.2) is 0 Å². The molecule has 29 heavy (non-hydrogen) atoms. The van der Waals surface area contributed by atoms with Gasteiger partial charge in [0.05, 0.1) is 12.7 Å². The number of aromatic nitrogens is 3. The molecule has 1 aliphatic rings. The second-order valence-corrected chi connectivity index (χ2v) is 11.7. The molecule has 1 N–H and O–H groups in total. The number of carbonyl (C=O) groups excluding carboxylic acids is 1. The summed E-state index contributed by atoms with van der Waals surface area (Å²) in [5.41, 5.74) is -0.433. The Bertz CT molecular complexity index is 916. The van der Waals surface area contributed by atoms with Crippen LogP contribution in [0.15, 0.2) is 28.7 Å². The van der Waals surface area contributed by atoms with Crippen LogP contribution in [0.25, 0.3) is 0 Å². The molecule has 0 bridgehead atoms. The molecule has 3 rings (SSSR count). The predicted molar refractivity (Wildman–Crippen MR) is 112 cm³/mol. The molecule has 1 saturated heterocycles. The van der Waals surface area contributed by atoms with Gasteiger partial charge >= 0.3 is 0 Å². The monoisotopic (exact) mass is 439 g/mol. The topological polar surface area (TPSA) is 97.2 Å². The smallest absolute Gasteiger partial charge is 0.252 e. The molecule has 10 heteroatoms. The van der Waals surface area contributed by atoms with Crippen LogP contribution in [0.3, 0.4) is 0 Å². The van der Waals surface area contributed by atoms with Gasteiger partial charge in [-0.2, -0.15) is 4.31 Å². The lowest BCUT2D eigenvalue weighted by Gasteiger charge is -2.34. The lowest BCUT2D eigenvalue weighted by molar-refractivity contribution is -0.128. The summed E-state index contributed by atoms with van der Waals surface area (Å²) in [7, 11) is -3.56. The van der Waals surface area contributed by atoms with Gasteiger partial charge in [-0.05, 0) is 31.4 Å². The van der Waals surface area contributed by atoms with Gasteiger partial charge in [-0.3, -0.25) is 9.48 Å². The van der Waals surface area contributed by atoms with Crippen LogP contribution < -0.4 is 5.32 Å². The molecule has 1 atom stereocenters. The average Bonchev–Trinajstić information content (AvgIpc) is 3.33. The Balaban J connectivity index is 1.66. The van der Waals surface area contributed by atoms with Crippen LogP contribution in [-0.2, 0) is 27.8 Å². The van der Waals surface area contributed by atoms with E-state index in [1.54, 1.807) is 27.4 Å². The van der Waals surface area contributed by atoms with Crippen molar-refractivity contribution in [3.8, 4) is 0 Å². The van der Waals surface area contributed by atoms with E-state index in [-0.39, 0.29) is 11.9 Å². The van der Waals surface area contributed by atoms with Crippen molar-refractivity contribution in [3.63, 3.8) is 0 Å². The summed E-state index contributed by atoms with van der Waals surface area (Å²) in [6.45, 7) is 7.13. The molecule has 2 aromatic heterocycles. The Hall–Kier alpha value is -1.78. The molecule has 160 valence electrons. The number of hydrogen-bond acceptors (Lipinski definition) is 6. The van der Waals surface area contributed by atoms with Gasteiger partial charge in [0.1, 0.15) is 4.21 Å². The SMILES string of the molecule is CC(C)(C)C(=O)NCCc1ccc(S(=O)(=O)N2CCCC[C@@H]2Cn2ccnn2)s1. The van der Waals surface area contributed by atoms with Crippen molar-refractivity contribution in [1.29, 1.82) is 0 Å². The van der Waals surface area contributed by atoms with Gasteiger partial charge in [0.2, 0.25) is 5.91 Å². The maximum absolute atomic E-state index is 13.3. The summed E-state index contributed by atoms with van der Waals surface area (Å²) in [4.78, 5) is 12.9. The highest BCUT2D eigenvalue weighted by Crippen LogP contribution is 2.30. The molecule has 0 radical (unpaired) electrons. The first-order valence-electron chi connectivity index (χ1n) is 9.91. The van der Waals surface area contributed by atoms with Crippen molar-refractivity contribution in [2.24, 2.45) is 5.41 Å². The fourth-order valence-electron chi connectivity index (χ4n) is 3.33. The lowest BCUT2D eigenvalue weighted by Crippen LogP contribution is -2.45. The molecule has 0 aliphatic carbocycles. The van der Waals surface area contributed by atoms with Crippen molar-refractivity contribution < 1.29 is 13.2 Å². The van der Waals surface area contributed by atoms with Crippen LogP contribution in [0, 0.1) is 5.41 Å². The summed E-state index contributed by atoms with van der Waals surface area (Å²) in [6.07, 6.45) is 6.67. The zero-order chi connectivity index (χ0) is 21.1. The fourth-order valence-corrected chi connectivity index (χ4v) is 6.50. The highest BCUT2D eigenvalue weighted by molar-refractivity contribution is 7.91. The van der Waals surface area contributed by atoms with E-state index in [4.69, 9.17) is 0 Å². The van der Waals surface area contributed by atoms with Crippen LogP contribution in [-0.4, -0.2) is 52.8 Å². The second-order valence-electron chi connectivity index (χ2n) is 8.37. The number of hydrogen-bond donors (Lipinski definition) is 1. The second kappa shape index (κ2) is 8.93. The normalized spacial score (nSPS) is 18.7. The summed E-state index contributed by atoms with van der Waals surface area (Å²) in [6, 6.07) is 3.41. The lowest BCUT2D eigenvalue weighted by atomic mass is 9.96. The molecule has 8 nitrogen and oxygen atoms in total. The third-order valence-electron chi connectivity index (χ3n) is 4.98. The van der Waals surface area contributed by atoms with Gasteiger partial charge in [0.25, 0.3) is 10.0 Å². The molecular formula is C19H29N5O3S2. The zero-order valence-electron chi connectivity index (χ0n) is 17.2. The maximum Gasteiger partial charge on any atom is 0.252 e. The molecule has 2 aromatic rings. The number of thiophene rings is 1. The first-order chi connectivity index (χ1) is 13.7. The number of piperidine rings is 1. The standard InChI is InChI=1S/C19H29N5O3S2/c1-19(2,3)18(25)20-10-9-16-7-8-17(28-16)29(26,27)24-12-5-4-6-15(24)14-23-13-11-21-22-23/h7-8,11,13,15H,4-6,9-10,12,14H2,1-3H3,(H,20,25)/t15-/m1/s1. The minimum atomic E-state index is -3.56. The van der Waals surface area contributed by atoms with Gasteiger partial charge in [0, 0.05) is 35.6 Å². The summed E-state index contributed by atoms with van der Waals surface area (Å²) in [5.74, 6) is -0.00818. The van der Waals surface area contributed by atoms with E-state index in [0.29, 0.717) is 30.3 Å². The first-order valence-corrected chi connectivity index (χ1v) is 12.2. The van der Waals surface area contributed by atoms with E-state index in [1.807, 2.05) is 26.8 Å². The van der Waals surface area contributed by atoms with Crippen molar-refractivity contribution in [2.45, 2.75) is 63.3 Å². The van der Waals surface area contributed by atoms with Crippen molar-refractivity contribution in [3.05, 3.63) is 29.4 Å². The van der Waals surface area contributed by atoms with Crippen LogP contribution in [0.5, 0.6) is 0 Å². The Morgan fingerprint density at radius 1 is 1.31 bits per heavy atom. The van der Waals surface area contributed by atoms with Crippen LogP contribution in [0.4, 0.5) is 0 Å². The zero-order valence-corrected chi connectivity index (χ0v) is 18.8. The summed E-state index contributed by atoms with van der Waals surface area (Å²) >= 11 is 1.29. The number of nitrogens with one attached hydrogen (secondary N) is 1. The Morgan fingerprint density at radius 3 is 2.79 bits per heavy atom. The van der Waals surface area contributed by atoms with E-state index in [2.05, 4.69) is 15.6 Å². The molecule has 1 amide bonds. The third-order valence-corrected chi connectivity index (χ3v) is 8.55. The Morgan fingerprint density at radius 2 is 2.10 bits per heavy atom. The van der Waals surface area contributed by atoms with Gasteiger partial charge in [-0.15, -0.1) is 16.4 Å². The van der Waals surface area contributed by atoms with Crippen molar-refractivity contribution >= 4 is 27.3 Å². The fraction of sp³-hybridized carbons (Fsp3) is 0.632. The Labute approximate surface area is 176 Å². The quantitative estimate of drug-likeness (QED) is 0.714. The average molecular weight is 440 g/mol. The highest BCUT2D eigenvalue weighted by atomic mass is 32.2. The number of rotatable bonds is 7. The molecule has 0 saturated carbocycles. The summed E-state index contributed by atoms with van der Waals surface area (Å²) < 4.78 is 30.2.